The second-order valence-corrected chi connectivity index (χ2v) is 5.37. The average Bonchev–Trinajstić information content (AvgIpc) is 2.77. The van der Waals surface area contributed by atoms with E-state index in [0.717, 1.165) is 27.3 Å². The van der Waals surface area contributed by atoms with Gasteiger partial charge in [-0.3, -0.25) is 0 Å². The Labute approximate surface area is 113 Å². The highest BCUT2D eigenvalue weighted by molar-refractivity contribution is 9.10. The van der Waals surface area contributed by atoms with Crippen LogP contribution in [-0.2, 0) is 13.0 Å². The largest absolute Gasteiger partial charge is 0.486 e. The van der Waals surface area contributed by atoms with Crippen molar-refractivity contribution in [1.82, 2.24) is 4.98 Å². The van der Waals surface area contributed by atoms with E-state index in [4.69, 9.17) is 10.5 Å². The number of benzene rings is 1. The zero-order chi connectivity index (χ0) is 12.1. The Morgan fingerprint density at radius 1 is 1.29 bits per heavy atom. The number of hydrogen-bond donors (Lipinski definition) is 1. The fraction of sp³-hybridized carbons (Fsp3) is 0.250. The number of nitrogens with zero attached hydrogens (tertiary/aromatic N) is 1. The predicted octanol–water partition coefficient (Wildman–Crippen LogP) is 2.99. The van der Waals surface area contributed by atoms with E-state index in [1.807, 2.05) is 29.6 Å². The van der Waals surface area contributed by atoms with Crippen LogP contribution in [0.25, 0.3) is 0 Å². The Hall–Kier alpha value is -0.910. The minimum absolute atomic E-state index is 0.511. The fourth-order valence-corrected chi connectivity index (χ4v) is 2.36. The highest BCUT2D eigenvalue weighted by atomic mass is 79.9. The Kier molecular flexibility index (Phi) is 4.53. The van der Waals surface area contributed by atoms with Crippen LogP contribution in [0.2, 0.25) is 0 Å². The molecule has 2 rings (SSSR count). The molecular formula is C12H13BrN2OS. The van der Waals surface area contributed by atoms with Crippen molar-refractivity contribution in [1.29, 1.82) is 0 Å². The number of hydrogen-bond acceptors (Lipinski definition) is 4. The van der Waals surface area contributed by atoms with Crippen LogP contribution >= 0.6 is 27.3 Å². The first-order valence-electron chi connectivity index (χ1n) is 5.29. The molecule has 1 aromatic carbocycles. The quantitative estimate of drug-likeness (QED) is 0.923. The number of nitrogens with two attached hydrogens (primary N) is 1. The van der Waals surface area contributed by atoms with Crippen molar-refractivity contribution >= 4 is 27.3 Å². The van der Waals surface area contributed by atoms with Crippen molar-refractivity contribution in [3.63, 3.8) is 0 Å². The van der Waals surface area contributed by atoms with Gasteiger partial charge in [-0.15, -0.1) is 11.3 Å². The SMILES string of the molecule is NCCc1csc(COc2ccc(Br)cc2)n1. The maximum absolute atomic E-state index is 5.63. The van der Waals surface area contributed by atoms with Gasteiger partial charge in [-0.05, 0) is 30.8 Å². The molecule has 0 aliphatic rings. The molecule has 1 heterocycles. The Morgan fingerprint density at radius 3 is 2.76 bits per heavy atom. The molecule has 0 spiro atoms. The van der Waals surface area contributed by atoms with Gasteiger partial charge < -0.3 is 10.5 Å². The van der Waals surface area contributed by atoms with E-state index >= 15 is 0 Å². The van der Waals surface area contributed by atoms with E-state index in [9.17, 15) is 0 Å². The lowest BCUT2D eigenvalue weighted by Gasteiger charge is -2.03. The molecule has 90 valence electrons. The molecule has 0 fully saturated rings. The molecule has 0 atom stereocenters. The summed E-state index contributed by atoms with van der Waals surface area (Å²) in [7, 11) is 0. The molecule has 0 radical (unpaired) electrons. The summed E-state index contributed by atoms with van der Waals surface area (Å²) in [6, 6.07) is 7.77. The molecule has 0 aliphatic carbocycles. The number of ether oxygens (including phenoxy) is 1. The summed E-state index contributed by atoms with van der Waals surface area (Å²) in [5.41, 5.74) is 6.53. The molecule has 5 heteroatoms. The molecule has 0 saturated carbocycles. The van der Waals surface area contributed by atoms with Crippen molar-refractivity contribution in [3.8, 4) is 5.75 Å². The van der Waals surface area contributed by atoms with Crippen molar-refractivity contribution in [2.24, 2.45) is 5.73 Å². The zero-order valence-corrected chi connectivity index (χ0v) is 11.6. The number of aromatic nitrogens is 1. The van der Waals surface area contributed by atoms with Gasteiger partial charge in [0.05, 0.1) is 5.69 Å². The molecule has 0 amide bonds. The van der Waals surface area contributed by atoms with Crippen LogP contribution in [0.5, 0.6) is 5.75 Å². The third-order valence-corrected chi connectivity index (χ3v) is 3.58. The van der Waals surface area contributed by atoms with Gasteiger partial charge >= 0.3 is 0 Å². The third-order valence-electron chi connectivity index (χ3n) is 2.18. The monoisotopic (exact) mass is 312 g/mol. The van der Waals surface area contributed by atoms with E-state index < -0.39 is 0 Å². The number of halogens is 1. The lowest BCUT2D eigenvalue weighted by Crippen LogP contribution is -2.03. The summed E-state index contributed by atoms with van der Waals surface area (Å²) in [5, 5.41) is 3.02. The average molecular weight is 313 g/mol. The molecule has 17 heavy (non-hydrogen) atoms. The molecule has 3 nitrogen and oxygen atoms in total. The van der Waals surface area contributed by atoms with Gasteiger partial charge in [0, 0.05) is 16.3 Å². The van der Waals surface area contributed by atoms with Crippen LogP contribution in [0.3, 0.4) is 0 Å². The van der Waals surface area contributed by atoms with Crippen LogP contribution in [-0.4, -0.2) is 11.5 Å². The van der Waals surface area contributed by atoms with Gasteiger partial charge in [-0.2, -0.15) is 0 Å². The second kappa shape index (κ2) is 6.14. The van der Waals surface area contributed by atoms with Gasteiger partial charge in [0.2, 0.25) is 0 Å². The van der Waals surface area contributed by atoms with Crippen molar-refractivity contribution in [2.75, 3.05) is 6.54 Å². The topological polar surface area (TPSA) is 48.1 Å². The van der Waals surface area contributed by atoms with Crippen LogP contribution < -0.4 is 10.5 Å². The lowest BCUT2D eigenvalue weighted by atomic mass is 10.3. The molecule has 0 aliphatic heterocycles. The van der Waals surface area contributed by atoms with E-state index in [-0.39, 0.29) is 0 Å². The van der Waals surface area contributed by atoms with E-state index in [1.54, 1.807) is 11.3 Å². The van der Waals surface area contributed by atoms with Crippen LogP contribution in [0.1, 0.15) is 10.7 Å². The van der Waals surface area contributed by atoms with E-state index in [0.29, 0.717) is 13.2 Å². The highest BCUT2D eigenvalue weighted by Gasteiger charge is 2.02. The van der Waals surface area contributed by atoms with Gasteiger partial charge in [-0.25, -0.2) is 4.98 Å². The van der Waals surface area contributed by atoms with Gasteiger partial charge in [0.15, 0.2) is 0 Å². The fourth-order valence-electron chi connectivity index (χ4n) is 1.35. The third kappa shape index (κ3) is 3.80. The smallest absolute Gasteiger partial charge is 0.140 e. The lowest BCUT2D eigenvalue weighted by molar-refractivity contribution is 0.305. The molecule has 0 bridgehead atoms. The van der Waals surface area contributed by atoms with Gasteiger partial charge in [0.25, 0.3) is 0 Å². The second-order valence-electron chi connectivity index (χ2n) is 3.51. The summed E-state index contributed by atoms with van der Waals surface area (Å²) in [5.74, 6) is 0.851. The van der Waals surface area contributed by atoms with Gasteiger partial charge in [0.1, 0.15) is 17.4 Å². The van der Waals surface area contributed by atoms with Crippen molar-refractivity contribution in [3.05, 3.63) is 44.8 Å². The first kappa shape index (κ1) is 12.5. The molecule has 1 aromatic heterocycles. The van der Waals surface area contributed by atoms with E-state index in [1.165, 1.54) is 0 Å². The summed E-state index contributed by atoms with van der Waals surface area (Å²) in [6.07, 6.45) is 0.828. The molecule has 0 unspecified atom stereocenters. The Balaban J connectivity index is 1.90. The van der Waals surface area contributed by atoms with Gasteiger partial charge in [-0.1, -0.05) is 15.9 Å². The molecule has 2 aromatic rings. The normalized spacial score (nSPS) is 10.5. The number of thiazole rings is 1. The van der Waals surface area contributed by atoms with Crippen molar-refractivity contribution < 1.29 is 4.74 Å². The van der Waals surface area contributed by atoms with Crippen LogP contribution in [0, 0.1) is 0 Å². The summed E-state index contributed by atoms with van der Waals surface area (Å²) >= 11 is 5.00. The standard InChI is InChI=1S/C12H13BrN2OS/c13-9-1-3-11(4-2-9)16-7-12-15-10(5-6-14)8-17-12/h1-4,8H,5-7,14H2. The first-order chi connectivity index (χ1) is 8.28. The molecule has 0 saturated heterocycles. The minimum Gasteiger partial charge on any atom is -0.486 e. The minimum atomic E-state index is 0.511. The Bertz CT molecular complexity index is 470. The maximum atomic E-state index is 5.63. The Morgan fingerprint density at radius 2 is 2.06 bits per heavy atom. The molecule has 2 N–H and O–H groups in total. The maximum Gasteiger partial charge on any atom is 0.140 e. The predicted molar refractivity (Wildman–Crippen MR) is 73.3 cm³/mol. The summed E-state index contributed by atoms with van der Waals surface area (Å²) in [4.78, 5) is 4.44. The van der Waals surface area contributed by atoms with Crippen LogP contribution in [0.15, 0.2) is 34.1 Å². The van der Waals surface area contributed by atoms with E-state index in [2.05, 4.69) is 20.9 Å². The summed E-state index contributed by atoms with van der Waals surface area (Å²) < 4.78 is 6.68. The van der Waals surface area contributed by atoms with Crippen LogP contribution in [0.4, 0.5) is 0 Å². The number of rotatable bonds is 5. The summed E-state index contributed by atoms with van der Waals surface area (Å²) in [6.45, 7) is 1.15. The zero-order valence-electron chi connectivity index (χ0n) is 9.23. The first-order valence-corrected chi connectivity index (χ1v) is 6.97. The van der Waals surface area contributed by atoms with Crippen molar-refractivity contribution in [2.45, 2.75) is 13.0 Å². The highest BCUT2D eigenvalue weighted by Crippen LogP contribution is 2.18. The molecular weight excluding hydrogens is 300 g/mol.